The Morgan fingerprint density at radius 2 is 1.40 bits per heavy atom. The molecule has 148 valence electrons. The monoisotopic (exact) mass is 356 g/mol. The van der Waals surface area contributed by atoms with Crippen molar-refractivity contribution in [3.63, 3.8) is 0 Å². The summed E-state index contributed by atoms with van der Waals surface area (Å²) in [5.41, 5.74) is 0. The number of unbranched alkanes of at least 4 members (excludes halogenated alkanes) is 11. The van der Waals surface area contributed by atoms with Crippen molar-refractivity contribution in [2.75, 3.05) is 13.2 Å². The summed E-state index contributed by atoms with van der Waals surface area (Å²) in [7, 11) is 0. The fraction of sp³-hybridized carbons (Fsp3) is 0.857. The fourth-order valence-electron chi connectivity index (χ4n) is 2.65. The number of rotatable bonds is 18. The van der Waals surface area contributed by atoms with Gasteiger partial charge in [0.15, 0.2) is 0 Å². The molecule has 4 heteroatoms. The molecule has 25 heavy (non-hydrogen) atoms. The Labute approximate surface area is 154 Å². The molecule has 0 aromatic rings. The fourth-order valence-corrected chi connectivity index (χ4v) is 2.65. The van der Waals surface area contributed by atoms with Crippen molar-refractivity contribution in [1.82, 2.24) is 0 Å². The van der Waals surface area contributed by atoms with E-state index in [4.69, 9.17) is 14.9 Å². The maximum atomic E-state index is 11.4. The summed E-state index contributed by atoms with van der Waals surface area (Å²) in [4.78, 5) is 11.4. The normalized spacial score (nSPS) is 12.6. The summed E-state index contributed by atoms with van der Waals surface area (Å²) < 4.78 is 4.86. The highest BCUT2D eigenvalue weighted by atomic mass is 16.5. The first kappa shape index (κ1) is 24.1. The molecule has 0 radical (unpaired) electrons. The second kappa shape index (κ2) is 19.5. The number of carbonyl (C=O) groups excluding carboxylic acids is 1. The molecule has 4 nitrogen and oxygen atoms in total. The molecule has 2 N–H and O–H groups in total. The van der Waals surface area contributed by atoms with Gasteiger partial charge in [-0.05, 0) is 32.1 Å². The van der Waals surface area contributed by atoms with Crippen LogP contribution >= 0.6 is 0 Å². The molecule has 0 heterocycles. The van der Waals surface area contributed by atoms with Crippen molar-refractivity contribution in [2.24, 2.45) is 0 Å². The summed E-state index contributed by atoms with van der Waals surface area (Å²) in [6.07, 6.45) is 20.1. The Hall–Kier alpha value is -0.870. The molecular weight excluding hydrogens is 316 g/mol. The molecule has 0 spiro atoms. The minimum Gasteiger partial charge on any atom is -0.463 e. The van der Waals surface area contributed by atoms with Crippen LogP contribution in [0.2, 0.25) is 0 Å². The summed E-state index contributed by atoms with van der Waals surface area (Å²) in [5, 5.41) is 17.7. The highest BCUT2D eigenvalue weighted by Gasteiger charge is 2.07. The van der Waals surface area contributed by atoms with E-state index in [2.05, 4.69) is 19.1 Å². The summed E-state index contributed by atoms with van der Waals surface area (Å²) in [6, 6.07) is 0. The Kier molecular flexibility index (Phi) is 18.8. The first-order valence-corrected chi connectivity index (χ1v) is 10.3. The van der Waals surface area contributed by atoms with Gasteiger partial charge in [0.1, 0.15) is 12.7 Å². The van der Waals surface area contributed by atoms with Gasteiger partial charge in [-0.3, -0.25) is 4.79 Å². The maximum Gasteiger partial charge on any atom is 0.305 e. The van der Waals surface area contributed by atoms with Gasteiger partial charge in [0.25, 0.3) is 0 Å². The summed E-state index contributed by atoms with van der Waals surface area (Å²) in [5.74, 6) is -0.285. The van der Waals surface area contributed by atoms with Gasteiger partial charge in [-0.15, -0.1) is 0 Å². The summed E-state index contributed by atoms with van der Waals surface area (Å²) >= 11 is 0. The molecule has 0 saturated carbocycles. The van der Waals surface area contributed by atoms with Crippen LogP contribution in [0.15, 0.2) is 12.2 Å². The highest BCUT2D eigenvalue weighted by molar-refractivity contribution is 5.69. The van der Waals surface area contributed by atoms with E-state index in [1.807, 2.05) is 0 Å². The van der Waals surface area contributed by atoms with Crippen LogP contribution in [-0.2, 0) is 9.53 Å². The minimum atomic E-state index is -0.959. The number of allylic oxidation sites excluding steroid dienone is 2. The molecule has 0 aliphatic carbocycles. The maximum absolute atomic E-state index is 11.4. The Morgan fingerprint density at radius 1 is 0.880 bits per heavy atom. The van der Waals surface area contributed by atoms with E-state index >= 15 is 0 Å². The van der Waals surface area contributed by atoms with Crippen molar-refractivity contribution >= 4 is 5.97 Å². The molecule has 0 unspecified atom stereocenters. The number of esters is 1. The van der Waals surface area contributed by atoms with Crippen LogP contribution in [0.25, 0.3) is 0 Å². The van der Waals surface area contributed by atoms with E-state index in [1.165, 1.54) is 64.2 Å². The third kappa shape index (κ3) is 19.3. The minimum absolute atomic E-state index is 0.110. The van der Waals surface area contributed by atoms with E-state index < -0.39 is 6.10 Å². The average Bonchev–Trinajstić information content (AvgIpc) is 2.62. The number of aliphatic hydroxyl groups is 2. The number of carbonyl (C=O) groups is 1. The van der Waals surface area contributed by atoms with Crippen molar-refractivity contribution in [3.8, 4) is 0 Å². The standard InChI is InChI=1S/C21H40O4/c1-2-3-4-5-6-7-8-9-10-11-12-13-14-15-16-17-21(24)25-19-20(23)18-22/h8-9,20,22-23H,2-7,10-19H2,1H3/b9-8+/t20-/m1/s1. The Balaban J connectivity index is 3.22. The number of hydrogen-bond acceptors (Lipinski definition) is 4. The van der Waals surface area contributed by atoms with E-state index in [9.17, 15) is 4.79 Å². The lowest BCUT2D eigenvalue weighted by Crippen LogP contribution is -2.21. The van der Waals surface area contributed by atoms with Crippen LogP contribution in [0.3, 0.4) is 0 Å². The molecule has 0 bridgehead atoms. The Morgan fingerprint density at radius 3 is 1.96 bits per heavy atom. The lowest BCUT2D eigenvalue weighted by Gasteiger charge is -2.08. The van der Waals surface area contributed by atoms with E-state index in [0.717, 1.165) is 19.3 Å². The summed E-state index contributed by atoms with van der Waals surface area (Å²) in [6.45, 7) is 1.77. The van der Waals surface area contributed by atoms with Gasteiger partial charge in [0, 0.05) is 6.42 Å². The highest BCUT2D eigenvalue weighted by Crippen LogP contribution is 2.10. The zero-order valence-electron chi connectivity index (χ0n) is 16.3. The molecule has 0 amide bonds. The largest absolute Gasteiger partial charge is 0.463 e. The van der Waals surface area contributed by atoms with Gasteiger partial charge < -0.3 is 14.9 Å². The number of hydrogen-bond donors (Lipinski definition) is 2. The topological polar surface area (TPSA) is 66.8 Å². The molecule has 0 aliphatic heterocycles. The van der Waals surface area contributed by atoms with Crippen LogP contribution in [0.1, 0.15) is 96.8 Å². The second-order valence-corrected chi connectivity index (χ2v) is 6.85. The Bertz CT molecular complexity index is 315. The quantitative estimate of drug-likeness (QED) is 0.208. The number of ether oxygens (including phenoxy) is 1. The molecule has 0 aromatic heterocycles. The molecule has 1 atom stereocenters. The van der Waals surface area contributed by atoms with Crippen molar-refractivity contribution < 1.29 is 19.7 Å². The third-order valence-corrected chi connectivity index (χ3v) is 4.29. The van der Waals surface area contributed by atoms with Gasteiger partial charge in [-0.2, -0.15) is 0 Å². The van der Waals surface area contributed by atoms with Crippen molar-refractivity contribution in [2.45, 2.75) is 103 Å². The van der Waals surface area contributed by atoms with Gasteiger partial charge in [-0.25, -0.2) is 0 Å². The van der Waals surface area contributed by atoms with E-state index in [0.29, 0.717) is 6.42 Å². The second-order valence-electron chi connectivity index (χ2n) is 6.85. The number of aliphatic hydroxyl groups excluding tert-OH is 2. The zero-order valence-corrected chi connectivity index (χ0v) is 16.3. The molecule has 0 rings (SSSR count). The van der Waals surface area contributed by atoms with Crippen molar-refractivity contribution in [3.05, 3.63) is 12.2 Å². The van der Waals surface area contributed by atoms with Crippen LogP contribution in [-0.4, -0.2) is 35.5 Å². The molecular formula is C21H40O4. The third-order valence-electron chi connectivity index (χ3n) is 4.29. The van der Waals surface area contributed by atoms with E-state index in [1.54, 1.807) is 0 Å². The lowest BCUT2D eigenvalue weighted by molar-refractivity contribution is -0.147. The molecule has 0 fully saturated rings. The van der Waals surface area contributed by atoms with Gasteiger partial charge in [-0.1, -0.05) is 70.4 Å². The SMILES string of the molecule is CCCCCCC/C=C/CCCCCCCCC(=O)OC[C@H](O)CO. The first-order valence-electron chi connectivity index (χ1n) is 10.3. The zero-order chi connectivity index (χ0) is 18.6. The van der Waals surface area contributed by atoms with Crippen molar-refractivity contribution in [1.29, 1.82) is 0 Å². The first-order chi connectivity index (χ1) is 12.2. The van der Waals surface area contributed by atoms with E-state index in [-0.39, 0.29) is 19.2 Å². The predicted molar refractivity (Wildman–Crippen MR) is 104 cm³/mol. The lowest BCUT2D eigenvalue weighted by atomic mass is 10.1. The van der Waals surface area contributed by atoms with Gasteiger partial charge in [0.05, 0.1) is 6.61 Å². The molecule has 0 aromatic carbocycles. The smallest absolute Gasteiger partial charge is 0.305 e. The van der Waals surface area contributed by atoms with Crippen LogP contribution in [0.5, 0.6) is 0 Å². The molecule has 0 saturated heterocycles. The van der Waals surface area contributed by atoms with Gasteiger partial charge >= 0.3 is 5.97 Å². The predicted octanol–water partition coefficient (Wildman–Crippen LogP) is 4.92. The molecule has 0 aliphatic rings. The van der Waals surface area contributed by atoms with Gasteiger partial charge in [0.2, 0.25) is 0 Å². The van der Waals surface area contributed by atoms with Crippen LogP contribution in [0.4, 0.5) is 0 Å². The van der Waals surface area contributed by atoms with Crippen LogP contribution < -0.4 is 0 Å². The average molecular weight is 357 g/mol. The van der Waals surface area contributed by atoms with Crippen LogP contribution in [0, 0.1) is 0 Å².